The number of nitrogens with one attached hydrogen (secondary N) is 1. The lowest BCUT2D eigenvalue weighted by molar-refractivity contribution is 0.398. The van der Waals surface area contributed by atoms with Crippen molar-refractivity contribution in [1.82, 2.24) is 19.9 Å². The molecule has 1 N–H and O–H groups in total. The van der Waals surface area contributed by atoms with Gasteiger partial charge in [-0.2, -0.15) is 4.98 Å². The molecule has 0 radical (unpaired) electrons. The SMILES string of the molecule is COc1cccc(N2C[C@H]3CC(N(C)c4ncnc5[nH]ccc45)C[C@H]3C2)n1. The van der Waals surface area contributed by atoms with Gasteiger partial charge in [0.05, 0.1) is 12.5 Å². The van der Waals surface area contributed by atoms with Crippen LogP contribution in [0.15, 0.2) is 36.8 Å². The lowest BCUT2D eigenvalue weighted by Gasteiger charge is -2.28. The second-order valence-corrected chi connectivity index (χ2v) is 7.64. The summed E-state index contributed by atoms with van der Waals surface area (Å²) in [5, 5.41) is 1.10. The van der Waals surface area contributed by atoms with Gasteiger partial charge in [-0.05, 0) is 36.8 Å². The largest absolute Gasteiger partial charge is 0.481 e. The van der Waals surface area contributed by atoms with Gasteiger partial charge in [-0.3, -0.25) is 0 Å². The predicted molar refractivity (Wildman–Crippen MR) is 105 cm³/mol. The van der Waals surface area contributed by atoms with Crippen molar-refractivity contribution in [3.63, 3.8) is 0 Å². The lowest BCUT2D eigenvalue weighted by Crippen LogP contribution is -2.33. The first-order valence-electron chi connectivity index (χ1n) is 9.50. The molecule has 1 aliphatic heterocycles. The molecule has 27 heavy (non-hydrogen) atoms. The third-order valence-electron chi connectivity index (χ3n) is 6.18. The second-order valence-electron chi connectivity index (χ2n) is 7.64. The van der Waals surface area contributed by atoms with E-state index in [1.54, 1.807) is 13.4 Å². The quantitative estimate of drug-likeness (QED) is 0.768. The van der Waals surface area contributed by atoms with Crippen molar-refractivity contribution in [2.75, 3.05) is 37.0 Å². The molecule has 5 rings (SSSR count). The van der Waals surface area contributed by atoms with Crippen molar-refractivity contribution < 1.29 is 4.74 Å². The van der Waals surface area contributed by atoms with Crippen LogP contribution in [0.25, 0.3) is 11.0 Å². The zero-order valence-electron chi connectivity index (χ0n) is 15.7. The summed E-state index contributed by atoms with van der Waals surface area (Å²) in [5.41, 5.74) is 0.903. The van der Waals surface area contributed by atoms with E-state index in [2.05, 4.69) is 48.9 Å². The molecule has 140 valence electrons. The lowest BCUT2D eigenvalue weighted by atomic mass is 10.0. The van der Waals surface area contributed by atoms with Gasteiger partial charge >= 0.3 is 0 Å². The minimum absolute atomic E-state index is 0.522. The molecule has 0 spiro atoms. The maximum absolute atomic E-state index is 5.28. The van der Waals surface area contributed by atoms with Gasteiger partial charge < -0.3 is 19.5 Å². The van der Waals surface area contributed by atoms with Crippen LogP contribution >= 0.6 is 0 Å². The highest BCUT2D eigenvalue weighted by Crippen LogP contribution is 2.42. The Kier molecular flexibility index (Phi) is 3.88. The Balaban J connectivity index is 1.30. The summed E-state index contributed by atoms with van der Waals surface area (Å²) in [6, 6.07) is 8.58. The molecule has 2 aliphatic rings. The van der Waals surface area contributed by atoms with Gasteiger partial charge in [0.1, 0.15) is 23.6 Å². The van der Waals surface area contributed by atoms with E-state index >= 15 is 0 Å². The highest BCUT2D eigenvalue weighted by Gasteiger charge is 2.43. The Bertz CT molecular complexity index is 942. The molecule has 3 aromatic heterocycles. The number of nitrogens with zero attached hydrogens (tertiary/aromatic N) is 5. The third kappa shape index (κ3) is 2.78. The Labute approximate surface area is 158 Å². The fourth-order valence-corrected chi connectivity index (χ4v) is 4.78. The minimum atomic E-state index is 0.522. The number of fused-ring (bicyclic) bond motifs is 2. The number of hydrogen-bond acceptors (Lipinski definition) is 6. The summed E-state index contributed by atoms with van der Waals surface area (Å²) in [4.78, 5) is 21.4. The van der Waals surface area contributed by atoms with Gasteiger partial charge in [-0.25, -0.2) is 9.97 Å². The van der Waals surface area contributed by atoms with Crippen LogP contribution in [0.1, 0.15) is 12.8 Å². The maximum Gasteiger partial charge on any atom is 0.214 e. The molecule has 1 saturated carbocycles. The van der Waals surface area contributed by atoms with Gasteiger partial charge in [0.25, 0.3) is 0 Å². The van der Waals surface area contributed by atoms with Crippen molar-refractivity contribution in [3.05, 3.63) is 36.8 Å². The van der Waals surface area contributed by atoms with Crippen LogP contribution in [0.3, 0.4) is 0 Å². The second kappa shape index (κ2) is 6.40. The molecule has 0 amide bonds. The van der Waals surface area contributed by atoms with Crippen LogP contribution in [0.2, 0.25) is 0 Å². The Morgan fingerprint density at radius 1 is 1.15 bits per heavy atom. The number of methoxy groups -OCH3 is 1. The molecule has 1 unspecified atom stereocenters. The van der Waals surface area contributed by atoms with Crippen molar-refractivity contribution >= 4 is 22.7 Å². The first kappa shape index (κ1) is 16.4. The topological polar surface area (TPSA) is 70.2 Å². The highest BCUT2D eigenvalue weighted by atomic mass is 16.5. The normalized spacial score (nSPS) is 24.4. The van der Waals surface area contributed by atoms with Crippen molar-refractivity contribution in [3.8, 4) is 5.88 Å². The molecule has 4 heterocycles. The summed E-state index contributed by atoms with van der Waals surface area (Å²) in [5.74, 6) is 4.14. The van der Waals surface area contributed by atoms with Crippen LogP contribution < -0.4 is 14.5 Å². The van der Waals surface area contributed by atoms with Crippen LogP contribution in [0, 0.1) is 11.8 Å². The summed E-state index contributed by atoms with van der Waals surface area (Å²) in [6.07, 6.45) is 5.96. The number of ether oxygens (including phenoxy) is 1. The summed E-state index contributed by atoms with van der Waals surface area (Å²) in [6.45, 7) is 2.14. The molecule has 7 nitrogen and oxygen atoms in total. The number of aromatic nitrogens is 4. The molecule has 2 fully saturated rings. The number of anilines is 2. The van der Waals surface area contributed by atoms with E-state index in [1.807, 2.05) is 18.3 Å². The molecular formula is C20H24N6O. The van der Waals surface area contributed by atoms with E-state index in [4.69, 9.17) is 4.74 Å². The first-order valence-corrected chi connectivity index (χ1v) is 9.50. The maximum atomic E-state index is 5.28. The van der Waals surface area contributed by atoms with E-state index < -0.39 is 0 Å². The van der Waals surface area contributed by atoms with Crippen LogP contribution in [-0.2, 0) is 0 Å². The zero-order valence-corrected chi connectivity index (χ0v) is 15.7. The number of rotatable bonds is 4. The van der Waals surface area contributed by atoms with Crippen LogP contribution in [-0.4, -0.2) is 53.2 Å². The minimum Gasteiger partial charge on any atom is -0.481 e. The molecular weight excluding hydrogens is 340 g/mol. The van der Waals surface area contributed by atoms with E-state index in [-0.39, 0.29) is 0 Å². The third-order valence-corrected chi connectivity index (χ3v) is 6.18. The number of aromatic amines is 1. The van der Waals surface area contributed by atoms with Gasteiger partial charge in [0.2, 0.25) is 5.88 Å². The van der Waals surface area contributed by atoms with Crippen molar-refractivity contribution in [2.45, 2.75) is 18.9 Å². The van der Waals surface area contributed by atoms with Gasteiger partial charge in [-0.1, -0.05) is 6.07 Å². The van der Waals surface area contributed by atoms with Gasteiger partial charge in [0.15, 0.2) is 0 Å². The fourth-order valence-electron chi connectivity index (χ4n) is 4.78. The number of hydrogen-bond donors (Lipinski definition) is 1. The molecule has 0 aromatic carbocycles. The van der Waals surface area contributed by atoms with Crippen molar-refractivity contribution in [1.29, 1.82) is 0 Å². The molecule has 3 atom stereocenters. The Morgan fingerprint density at radius 3 is 2.74 bits per heavy atom. The highest BCUT2D eigenvalue weighted by molar-refractivity contribution is 5.87. The number of H-pyrrole nitrogens is 1. The van der Waals surface area contributed by atoms with Gasteiger partial charge in [-0.15, -0.1) is 0 Å². The standard InChI is InChI=1S/C20H24N6O/c1-25(20-16-6-7-21-19(16)22-12-23-20)15-8-13-10-26(11-14(13)9-15)17-4-3-5-18(24-17)27-2/h3-7,12-15H,8-11H2,1-2H3,(H,21,22,23)/t13-,14+,15?. The van der Waals surface area contributed by atoms with E-state index in [0.29, 0.717) is 23.8 Å². The predicted octanol–water partition coefficient (Wildman–Crippen LogP) is 2.71. The van der Waals surface area contributed by atoms with E-state index in [0.717, 1.165) is 35.8 Å². The van der Waals surface area contributed by atoms with Gasteiger partial charge in [0, 0.05) is 38.4 Å². The smallest absolute Gasteiger partial charge is 0.214 e. The Morgan fingerprint density at radius 2 is 1.96 bits per heavy atom. The van der Waals surface area contributed by atoms with E-state index in [1.165, 1.54) is 12.8 Å². The van der Waals surface area contributed by atoms with E-state index in [9.17, 15) is 0 Å². The van der Waals surface area contributed by atoms with Crippen LogP contribution in [0.5, 0.6) is 5.88 Å². The summed E-state index contributed by atoms with van der Waals surface area (Å²) >= 11 is 0. The molecule has 7 heteroatoms. The van der Waals surface area contributed by atoms with Crippen molar-refractivity contribution in [2.24, 2.45) is 11.8 Å². The Hall–Kier alpha value is -2.83. The zero-order chi connectivity index (χ0) is 18.4. The molecule has 1 aliphatic carbocycles. The summed E-state index contributed by atoms with van der Waals surface area (Å²) < 4.78 is 5.28. The fraction of sp³-hybridized carbons (Fsp3) is 0.450. The average molecular weight is 364 g/mol. The average Bonchev–Trinajstić information content (AvgIpc) is 3.41. The molecule has 0 bridgehead atoms. The summed E-state index contributed by atoms with van der Waals surface area (Å²) in [7, 11) is 3.84. The molecule has 1 saturated heterocycles. The first-order chi connectivity index (χ1) is 13.2. The number of pyridine rings is 1. The molecule has 3 aromatic rings. The monoisotopic (exact) mass is 364 g/mol. The van der Waals surface area contributed by atoms with Crippen LogP contribution in [0.4, 0.5) is 11.6 Å².